The van der Waals surface area contributed by atoms with Gasteiger partial charge in [-0.3, -0.25) is 9.36 Å². The van der Waals surface area contributed by atoms with Gasteiger partial charge in [-0.1, -0.05) is 24.3 Å². The van der Waals surface area contributed by atoms with E-state index in [0.717, 1.165) is 54.7 Å². The number of carbonyl (C=O) groups is 2. The fraction of sp³-hybridized carbons (Fsp3) is 0.407. The molecule has 1 aromatic carbocycles. The van der Waals surface area contributed by atoms with Crippen molar-refractivity contribution in [3.63, 3.8) is 0 Å². The summed E-state index contributed by atoms with van der Waals surface area (Å²) < 4.78 is 7.28. The van der Waals surface area contributed by atoms with Crippen LogP contribution in [0.25, 0.3) is 11.4 Å². The van der Waals surface area contributed by atoms with Gasteiger partial charge < -0.3 is 15.0 Å². The van der Waals surface area contributed by atoms with Gasteiger partial charge >= 0.3 is 5.97 Å². The van der Waals surface area contributed by atoms with E-state index in [0.29, 0.717) is 28.9 Å². The van der Waals surface area contributed by atoms with Crippen molar-refractivity contribution < 1.29 is 14.3 Å². The first-order valence-electron chi connectivity index (χ1n) is 12.5. The third kappa shape index (κ3) is 6.24. The lowest BCUT2D eigenvalue weighted by Crippen LogP contribution is -2.17. The van der Waals surface area contributed by atoms with E-state index in [1.807, 2.05) is 47.8 Å². The zero-order chi connectivity index (χ0) is 26.4. The lowest BCUT2D eigenvalue weighted by atomic mass is 10.1. The third-order valence-corrected chi connectivity index (χ3v) is 8.33. The van der Waals surface area contributed by atoms with Crippen LogP contribution < -0.4 is 10.2 Å². The predicted octanol–water partition coefficient (Wildman–Crippen LogP) is 5.44. The summed E-state index contributed by atoms with van der Waals surface area (Å²) in [5.74, 6) is 0.303. The van der Waals surface area contributed by atoms with Crippen LogP contribution >= 0.6 is 23.1 Å². The Morgan fingerprint density at radius 1 is 1.19 bits per heavy atom. The predicted molar refractivity (Wildman–Crippen MR) is 151 cm³/mol. The summed E-state index contributed by atoms with van der Waals surface area (Å²) in [5, 5.41) is 12.9. The average Bonchev–Trinajstić information content (AvgIpc) is 3.35. The molecule has 0 saturated carbocycles. The Labute approximate surface area is 226 Å². The second-order valence-electron chi connectivity index (χ2n) is 8.97. The summed E-state index contributed by atoms with van der Waals surface area (Å²) >= 11 is 2.81. The summed E-state index contributed by atoms with van der Waals surface area (Å²) in [7, 11) is 4.00. The smallest absolute Gasteiger partial charge is 0.341 e. The van der Waals surface area contributed by atoms with Crippen molar-refractivity contribution in [1.29, 1.82) is 0 Å². The molecule has 0 unspecified atom stereocenters. The van der Waals surface area contributed by atoms with Gasteiger partial charge in [-0.15, -0.1) is 28.1 Å². The van der Waals surface area contributed by atoms with E-state index >= 15 is 0 Å². The van der Waals surface area contributed by atoms with E-state index in [9.17, 15) is 9.59 Å². The van der Waals surface area contributed by atoms with Crippen molar-refractivity contribution in [3.05, 3.63) is 52.9 Å². The molecule has 3 aromatic rings. The van der Waals surface area contributed by atoms with Crippen molar-refractivity contribution in [3.8, 4) is 11.4 Å². The highest BCUT2D eigenvalue weighted by molar-refractivity contribution is 7.99. The van der Waals surface area contributed by atoms with Gasteiger partial charge in [-0.25, -0.2) is 4.79 Å². The normalized spacial score (nSPS) is 12.9. The van der Waals surface area contributed by atoms with Crippen LogP contribution in [0.4, 0.5) is 10.7 Å². The van der Waals surface area contributed by atoms with Crippen LogP contribution in [0.3, 0.4) is 0 Å². The summed E-state index contributed by atoms with van der Waals surface area (Å²) in [6, 6.07) is 8.09. The highest BCUT2D eigenvalue weighted by atomic mass is 32.2. The van der Waals surface area contributed by atoms with Crippen LogP contribution in [0.15, 0.2) is 42.1 Å². The number of esters is 1. The molecule has 0 bridgehead atoms. The molecule has 0 aliphatic heterocycles. The Balaban J connectivity index is 1.50. The van der Waals surface area contributed by atoms with Gasteiger partial charge in [-0.05, 0) is 62.4 Å². The number of carbonyl (C=O) groups excluding carboxylic acids is 2. The highest BCUT2D eigenvalue weighted by Gasteiger charge is 2.27. The summed E-state index contributed by atoms with van der Waals surface area (Å²) in [4.78, 5) is 29.0. The molecule has 4 rings (SSSR count). The first-order valence-corrected chi connectivity index (χ1v) is 14.3. The second kappa shape index (κ2) is 12.4. The number of rotatable bonds is 10. The van der Waals surface area contributed by atoms with Crippen LogP contribution in [0.1, 0.15) is 47.0 Å². The number of hydrogen-bond acceptors (Lipinski definition) is 8. The molecule has 8 nitrogen and oxygen atoms in total. The van der Waals surface area contributed by atoms with Crippen LogP contribution in [0.5, 0.6) is 0 Å². The molecule has 2 aromatic heterocycles. The van der Waals surface area contributed by atoms with Crippen LogP contribution in [0, 0.1) is 0 Å². The third-order valence-electron chi connectivity index (χ3n) is 6.16. The Bertz CT molecular complexity index is 1260. The largest absolute Gasteiger partial charge is 0.462 e. The van der Waals surface area contributed by atoms with Crippen molar-refractivity contribution >= 4 is 45.7 Å². The minimum atomic E-state index is -0.361. The number of aromatic nitrogens is 3. The van der Waals surface area contributed by atoms with Crippen LogP contribution in [0.2, 0.25) is 0 Å². The Morgan fingerprint density at radius 2 is 1.95 bits per heavy atom. The van der Waals surface area contributed by atoms with Gasteiger partial charge in [0.25, 0.3) is 0 Å². The van der Waals surface area contributed by atoms with Crippen molar-refractivity contribution in [2.75, 3.05) is 36.7 Å². The average molecular weight is 540 g/mol. The second-order valence-corrected chi connectivity index (χ2v) is 11.0. The van der Waals surface area contributed by atoms with Gasteiger partial charge in [0.2, 0.25) is 5.91 Å². The molecule has 1 N–H and O–H groups in total. The quantitative estimate of drug-likeness (QED) is 0.159. The highest BCUT2D eigenvalue weighted by Crippen LogP contribution is 2.38. The molecule has 2 heterocycles. The number of nitrogens with one attached hydrogen (secondary N) is 1. The van der Waals surface area contributed by atoms with Gasteiger partial charge in [-0.2, -0.15) is 0 Å². The summed E-state index contributed by atoms with van der Waals surface area (Å²) in [6.45, 7) is 6.48. The van der Waals surface area contributed by atoms with E-state index in [-0.39, 0.29) is 17.6 Å². The van der Waals surface area contributed by atoms with Crippen LogP contribution in [-0.2, 0) is 28.9 Å². The lowest BCUT2D eigenvalue weighted by Gasteiger charge is -2.13. The number of fused-ring (bicyclic) bond motifs is 1. The standard InChI is InChI=1S/C27H33N5O3S2/c1-5-16-32-24(18-12-14-19(15-13-18)31(3)4)29-30-27(32)36-17-22(33)28-25-23(26(34)35-6-2)20-10-8-7-9-11-21(20)37-25/h5,12-15H,1,6-11,16-17H2,2-4H3,(H,28,33). The molecule has 1 aliphatic rings. The summed E-state index contributed by atoms with van der Waals surface area (Å²) in [6.07, 6.45) is 6.84. The number of amides is 1. The number of nitrogens with zero attached hydrogens (tertiary/aromatic N) is 4. The molecule has 196 valence electrons. The van der Waals surface area contributed by atoms with E-state index in [2.05, 4.69) is 22.1 Å². The van der Waals surface area contributed by atoms with E-state index in [1.165, 1.54) is 28.0 Å². The number of ether oxygens (including phenoxy) is 1. The maximum Gasteiger partial charge on any atom is 0.341 e. The number of allylic oxidation sites excluding steroid dienone is 1. The molecule has 37 heavy (non-hydrogen) atoms. The van der Waals surface area contributed by atoms with Gasteiger partial charge in [0.15, 0.2) is 11.0 Å². The molecule has 1 amide bonds. The number of aryl methyl sites for hydroxylation is 1. The van der Waals surface area contributed by atoms with Crippen molar-refractivity contribution in [1.82, 2.24) is 14.8 Å². The molecule has 0 atom stereocenters. The fourth-order valence-corrected chi connectivity index (χ4v) is 6.40. The molecular weight excluding hydrogens is 506 g/mol. The molecule has 0 radical (unpaired) electrons. The minimum Gasteiger partial charge on any atom is -0.462 e. The first-order chi connectivity index (χ1) is 17.9. The fourth-order valence-electron chi connectivity index (χ4n) is 4.35. The van der Waals surface area contributed by atoms with Gasteiger partial charge in [0.05, 0.1) is 17.9 Å². The maximum absolute atomic E-state index is 13.0. The SMILES string of the molecule is C=CCn1c(SCC(=O)Nc2sc3c(c2C(=O)OCC)CCCCC3)nnc1-c1ccc(N(C)C)cc1. The van der Waals surface area contributed by atoms with Crippen LogP contribution in [-0.4, -0.2) is 53.1 Å². The maximum atomic E-state index is 13.0. The zero-order valence-electron chi connectivity index (χ0n) is 21.6. The lowest BCUT2D eigenvalue weighted by molar-refractivity contribution is -0.113. The molecule has 0 saturated heterocycles. The number of benzene rings is 1. The topological polar surface area (TPSA) is 89.3 Å². The first kappa shape index (κ1) is 26.9. The van der Waals surface area contributed by atoms with E-state index in [4.69, 9.17) is 4.74 Å². The van der Waals surface area contributed by atoms with Crippen molar-refractivity contribution in [2.24, 2.45) is 0 Å². The number of anilines is 2. The molecule has 0 spiro atoms. The van der Waals surface area contributed by atoms with E-state index < -0.39 is 0 Å². The molecule has 1 aliphatic carbocycles. The summed E-state index contributed by atoms with van der Waals surface area (Å²) in [5.41, 5.74) is 3.60. The Kier molecular flexibility index (Phi) is 9.04. The van der Waals surface area contributed by atoms with Crippen molar-refractivity contribution in [2.45, 2.75) is 50.7 Å². The molecular formula is C27H33N5O3S2. The molecule has 0 fully saturated rings. The monoisotopic (exact) mass is 539 g/mol. The Hall–Kier alpha value is -3.11. The van der Waals surface area contributed by atoms with Gasteiger partial charge in [0, 0.05) is 36.8 Å². The number of thioether (sulfide) groups is 1. The number of thiophene rings is 1. The Morgan fingerprint density at radius 3 is 2.65 bits per heavy atom. The minimum absolute atomic E-state index is 0.139. The number of hydrogen-bond donors (Lipinski definition) is 1. The van der Waals surface area contributed by atoms with Gasteiger partial charge in [0.1, 0.15) is 5.00 Å². The van der Waals surface area contributed by atoms with E-state index in [1.54, 1.807) is 13.0 Å². The zero-order valence-corrected chi connectivity index (χ0v) is 23.2. The molecule has 10 heteroatoms.